The Balaban J connectivity index is 1.99. The Bertz CT molecular complexity index is 1040. The Morgan fingerprint density at radius 1 is 0.739 bits per heavy atom. The molecule has 3 nitrogen and oxygen atoms in total. The van der Waals surface area contributed by atoms with Crippen molar-refractivity contribution >= 4 is 10.8 Å². The molecule has 3 aromatic carbocycles. The first-order chi connectivity index (χ1) is 11.3. The highest BCUT2D eigenvalue weighted by Gasteiger charge is 2.10. The van der Waals surface area contributed by atoms with Gasteiger partial charge in [-0.2, -0.15) is 0 Å². The minimum atomic E-state index is -0.0888. The molecule has 1 heterocycles. The highest BCUT2D eigenvalue weighted by atomic mass is 16.1. The molecule has 0 saturated carbocycles. The first-order valence-electron chi connectivity index (χ1n) is 7.45. The van der Waals surface area contributed by atoms with Gasteiger partial charge in [-0.1, -0.05) is 60.7 Å². The van der Waals surface area contributed by atoms with Crippen molar-refractivity contribution in [2.75, 3.05) is 0 Å². The Hall–Kier alpha value is -3.20. The lowest BCUT2D eigenvalue weighted by molar-refractivity contribution is 0.951. The molecule has 0 amide bonds. The number of rotatable bonds is 2. The maximum absolute atomic E-state index is 12.5. The lowest BCUT2D eigenvalue weighted by atomic mass is 10.1. The average molecular weight is 298 g/mol. The van der Waals surface area contributed by atoms with Crippen LogP contribution in [0.25, 0.3) is 27.8 Å². The maximum atomic E-state index is 12.5. The van der Waals surface area contributed by atoms with Crippen LogP contribution in [0.4, 0.5) is 0 Å². The van der Waals surface area contributed by atoms with Crippen LogP contribution in [0.1, 0.15) is 0 Å². The van der Waals surface area contributed by atoms with E-state index in [1.54, 1.807) is 10.8 Å². The molecule has 3 heteroatoms. The highest BCUT2D eigenvalue weighted by Crippen LogP contribution is 2.22. The monoisotopic (exact) mass is 298 g/mol. The summed E-state index contributed by atoms with van der Waals surface area (Å²) >= 11 is 0. The van der Waals surface area contributed by atoms with Crippen molar-refractivity contribution in [2.24, 2.45) is 0 Å². The number of hydrogen-bond donors (Lipinski definition) is 0. The van der Waals surface area contributed by atoms with Crippen LogP contribution in [-0.2, 0) is 0 Å². The molecule has 1 aromatic heterocycles. The first-order valence-corrected chi connectivity index (χ1v) is 7.45. The standard InChI is InChI=1S/C20H14N2O/c23-19-12-13-21-20(16-7-2-1-3-8-16)22(19)18-11-10-15-6-4-5-9-17(15)14-18/h1-14H. The molecule has 0 atom stereocenters. The third kappa shape index (κ3) is 2.42. The van der Waals surface area contributed by atoms with Gasteiger partial charge in [-0.15, -0.1) is 0 Å². The zero-order valence-electron chi connectivity index (χ0n) is 12.4. The predicted molar refractivity (Wildman–Crippen MR) is 92.8 cm³/mol. The van der Waals surface area contributed by atoms with Crippen LogP contribution in [0.5, 0.6) is 0 Å². The van der Waals surface area contributed by atoms with Crippen molar-refractivity contribution in [1.29, 1.82) is 0 Å². The third-order valence-corrected chi connectivity index (χ3v) is 3.87. The van der Waals surface area contributed by atoms with Crippen molar-refractivity contribution < 1.29 is 0 Å². The van der Waals surface area contributed by atoms with Crippen LogP contribution in [0.3, 0.4) is 0 Å². The zero-order valence-corrected chi connectivity index (χ0v) is 12.4. The number of benzene rings is 3. The molecular weight excluding hydrogens is 284 g/mol. The fraction of sp³-hybridized carbons (Fsp3) is 0. The van der Waals surface area contributed by atoms with Crippen LogP contribution in [0.15, 0.2) is 89.9 Å². The molecule has 0 radical (unpaired) electrons. The molecule has 0 N–H and O–H groups in total. The second-order valence-electron chi connectivity index (χ2n) is 5.34. The van der Waals surface area contributed by atoms with Gasteiger partial charge in [0.15, 0.2) is 0 Å². The fourth-order valence-electron chi connectivity index (χ4n) is 2.76. The van der Waals surface area contributed by atoms with Gasteiger partial charge < -0.3 is 0 Å². The normalized spacial score (nSPS) is 10.8. The van der Waals surface area contributed by atoms with E-state index in [0.29, 0.717) is 5.82 Å². The topological polar surface area (TPSA) is 34.9 Å². The minimum Gasteiger partial charge on any atom is -0.269 e. The molecule has 0 fully saturated rings. The van der Waals surface area contributed by atoms with Gasteiger partial charge in [-0.25, -0.2) is 4.98 Å². The van der Waals surface area contributed by atoms with Crippen molar-refractivity contribution in [3.05, 3.63) is 95.4 Å². The summed E-state index contributed by atoms with van der Waals surface area (Å²) in [5.74, 6) is 0.647. The molecule has 0 spiro atoms. The minimum absolute atomic E-state index is 0.0888. The maximum Gasteiger partial charge on any atom is 0.258 e. The summed E-state index contributed by atoms with van der Waals surface area (Å²) in [6, 6.07) is 25.3. The van der Waals surface area contributed by atoms with E-state index in [-0.39, 0.29) is 5.56 Å². The highest BCUT2D eigenvalue weighted by molar-refractivity contribution is 5.84. The summed E-state index contributed by atoms with van der Waals surface area (Å²) in [5.41, 5.74) is 1.65. The molecule has 0 aliphatic rings. The molecule has 4 aromatic rings. The van der Waals surface area contributed by atoms with E-state index < -0.39 is 0 Å². The van der Waals surface area contributed by atoms with Gasteiger partial charge in [0.05, 0.1) is 5.69 Å². The van der Waals surface area contributed by atoms with Crippen LogP contribution in [0.2, 0.25) is 0 Å². The van der Waals surface area contributed by atoms with Crippen LogP contribution in [0, 0.1) is 0 Å². The summed E-state index contributed by atoms with van der Waals surface area (Å²) in [6.07, 6.45) is 1.56. The van der Waals surface area contributed by atoms with Gasteiger partial charge in [0.25, 0.3) is 5.56 Å². The molecule has 4 rings (SSSR count). The van der Waals surface area contributed by atoms with Crippen molar-refractivity contribution in [3.8, 4) is 17.1 Å². The third-order valence-electron chi connectivity index (χ3n) is 3.87. The van der Waals surface area contributed by atoms with Crippen LogP contribution in [-0.4, -0.2) is 9.55 Å². The summed E-state index contributed by atoms with van der Waals surface area (Å²) in [5, 5.41) is 2.24. The first kappa shape index (κ1) is 13.5. The molecular formula is C20H14N2O. The summed E-state index contributed by atoms with van der Waals surface area (Å²) in [7, 11) is 0. The Morgan fingerprint density at radius 2 is 1.48 bits per heavy atom. The van der Waals surface area contributed by atoms with E-state index in [1.807, 2.05) is 66.7 Å². The average Bonchev–Trinajstić information content (AvgIpc) is 2.62. The SMILES string of the molecule is O=c1ccnc(-c2ccccc2)n1-c1ccc2ccccc2c1. The number of aromatic nitrogens is 2. The predicted octanol–water partition coefficient (Wildman–Crippen LogP) is 4.05. The quantitative estimate of drug-likeness (QED) is 0.559. The Kier molecular flexibility index (Phi) is 3.24. The van der Waals surface area contributed by atoms with Gasteiger partial charge in [0, 0.05) is 17.8 Å². The lowest BCUT2D eigenvalue weighted by Crippen LogP contribution is -2.20. The second kappa shape index (κ2) is 5.54. The lowest BCUT2D eigenvalue weighted by Gasteiger charge is -2.12. The molecule has 0 aliphatic heterocycles. The summed E-state index contributed by atoms with van der Waals surface area (Å²) in [6.45, 7) is 0. The summed E-state index contributed by atoms with van der Waals surface area (Å²) in [4.78, 5) is 16.9. The van der Waals surface area contributed by atoms with Gasteiger partial charge in [-0.05, 0) is 22.9 Å². The fourth-order valence-corrected chi connectivity index (χ4v) is 2.76. The van der Waals surface area contributed by atoms with Gasteiger partial charge in [0.1, 0.15) is 5.82 Å². The number of hydrogen-bond acceptors (Lipinski definition) is 2. The zero-order chi connectivity index (χ0) is 15.6. The van der Waals surface area contributed by atoms with Crippen molar-refractivity contribution in [2.45, 2.75) is 0 Å². The van der Waals surface area contributed by atoms with E-state index in [0.717, 1.165) is 22.0 Å². The van der Waals surface area contributed by atoms with Crippen LogP contribution < -0.4 is 5.56 Å². The second-order valence-corrected chi connectivity index (χ2v) is 5.34. The smallest absolute Gasteiger partial charge is 0.258 e. The molecule has 110 valence electrons. The van der Waals surface area contributed by atoms with E-state index >= 15 is 0 Å². The van der Waals surface area contributed by atoms with Crippen molar-refractivity contribution in [1.82, 2.24) is 9.55 Å². The number of nitrogens with zero attached hydrogens (tertiary/aromatic N) is 2. The van der Waals surface area contributed by atoms with Gasteiger partial charge >= 0.3 is 0 Å². The van der Waals surface area contributed by atoms with Crippen molar-refractivity contribution in [3.63, 3.8) is 0 Å². The van der Waals surface area contributed by atoms with Gasteiger partial charge in [0.2, 0.25) is 0 Å². The van der Waals surface area contributed by atoms with Crippen LogP contribution >= 0.6 is 0 Å². The van der Waals surface area contributed by atoms with E-state index in [9.17, 15) is 4.79 Å². The van der Waals surface area contributed by atoms with Gasteiger partial charge in [-0.3, -0.25) is 9.36 Å². The van der Waals surface area contributed by atoms with E-state index in [1.165, 1.54) is 6.07 Å². The molecule has 23 heavy (non-hydrogen) atoms. The molecule has 0 bridgehead atoms. The Morgan fingerprint density at radius 3 is 2.30 bits per heavy atom. The molecule has 0 unspecified atom stereocenters. The van der Waals surface area contributed by atoms with E-state index in [2.05, 4.69) is 11.1 Å². The molecule has 0 saturated heterocycles. The largest absolute Gasteiger partial charge is 0.269 e. The summed E-state index contributed by atoms with van der Waals surface area (Å²) < 4.78 is 1.65. The van der Waals surface area contributed by atoms with E-state index in [4.69, 9.17) is 0 Å². The number of fused-ring (bicyclic) bond motifs is 1. The molecule has 0 aliphatic carbocycles. The Labute approximate surface area is 133 Å².